The van der Waals surface area contributed by atoms with E-state index in [1.54, 1.807) is 21.3 Å². The van der Waals surface area contributed by atoms with Crippen molar-refractivity contribution in [1.29, 1.82) is 0 Å². The molecule has 0 amide bonds. The molecule has 0 N–H and O–H groups in total. The summed E-state index contributed by atoms with van der Waals surface area (Å²) in [5, 5.41) is 0. The van der Waals surface area contributed by atoms with Crippen molar-refractivity contribution in [1.82, 2.24) is 9.97 Å². The zero-order chi connectivity index (χ0) is 16.2. The Kier molecular flexibility index (Phi) is 4.50. The number of hydrogen-bond acceptors (Lipinski definition) is 6. The Hall–Kier alpha value is -2.50. The van der Waals surface area contributed by atoms with Crippen LogP contribution in [-0.4, -0.2) is 44.4 Å². The SMILES string of the molecule is COc1ccc(OC)c(C2CCN(c3cc(OC)ncn3)C2)c1. The molecule has 6 heteroatoms. The molecule has 1 fully saturated rings. The van der Waals surface area contributed by atoms with Gasteiger partial charge in [0.15, 0.2) is 0 Å². The molecule has 1 saturated heterocycles. The van der Waals surface area contributed by atoms with Gasteiger partial charge in [0.1, 0.15) is 23.6 Å². The van der Waals surface area contributed by atoms with Crippen LogP contribution < -0.4 is 19.1 Å². The van der Waals surface area contributed by atoms with Gasteiger partial charge in [-0.3, -0.25) is 0 Å². The zero-order valence-corrected chi connectivity index (χ0v) is 13.7. The lowest BCUT2D eigenvalue weighted by molar-refractivity contribution is 0.395. The van der Waals surface area contributed by atoms with Crippen LogP contribution in [0.1, 0.15) is 17.9 Å². The minimum atomic E-state index is 0.376. The summed E-state index contributed by atoms with van der Waals surface area (Å²) in [7, 11) is 4.99. The van der Waals surface area contributed by atoms with Crippen molar-refractivity contribution in [2.75, 3.05) is 39.3 Å². The smallest absolute Gasteiger partial charge is 0.218 e. The van der Waals surface area contributed by atoms with Crippen LogP contribution in [0.3, 0.4) is 0 Å². The summed E-state index contributed by atoms with van der Waals surface area (Å²) in [6, 6.07) is 7.81. The molecule has 23 heavy (non-hydrogen) atoms. The van der Waals surface area contributed by atoms with E-state index in [1.807, 2.05) is 18.2 Å². The van der Waals surface area contributed by atoms with Crippen LogP contribution in [-0.2, 0) is 0 Å². The van der Waals surface area contributed by atoms with Gasteiger partial charge in [-0.15, -0.1) is 0 Å². The maximum Gasteiger partial charge on any atom is 0.218 e. The van der Waals surface area contributed by atoms with E-state index < -0.39 is 0 Å². The Morgan fingerprint density at radius 2 is 1.91 bits per heavy atom. The molecule has 2 heterocycles. The maximum atomic E-state index is 5.52. The highest BCUT2D eigenvalue weighted by Crippen LogP contribution is 2.37. The van der Waals surface area contributed by atoms with Gasteiger partial charge >= 0.3 is 0 Å². The van der Waals surface area contributed by atoms with Crippen molar-refractivity contribution in [2.45, 2.75) is 12.3 Å². The normalized spacial score (nSPS) is 17.2. The molecule has 0 spiro atoms. The van der Waals surface area contributed by atoms with Crippen molar-refractivity contribution in [3.63, 3.8) is 0 Å². The average Bonchev–Trinajstić information content (AvgIpc) is 3.11. The van der Waals surface area contributed by atoms with E-state index in [4.69, 9.17) is 14.2 Å². The van der Waals surface area contributed by atoms with Gasteiger partial charge in [-0.2, -0.15) is 0 Å². The third-order valence-corrected chi connectivity index (χ3v) is 4.23. The molecule has 0 bridgehead atoms. The van der Waals surface area contributed by atoms with Gasteiger partial charge in [0.2, 0.25) is 5.88 Å². The van der Waals surface area contributed by atoms with Crippen LogP contribution in [0.2, 0.25) is 0 Å². The molecule has 1 aliphatic rings. The number of hydrogen-bond donors (Lipinski definition) is 0. The third kappa shape index (κ3) is 3.16. The van der Waals surface area contributed by atoms with Crippen molar-refractivity contribution in [3.8, 4) is 17.4 Å². The molecule has 2 aromatic rings. The van der Waals surface area contributed by atoms with E-state index in [1.165, 1.54) is 11.9 Å². The Morgan fingerprint density at radius 1 is 1.04 bits per heavy atom. The van der Waals surface area contributed by atoms with Gasteiger partial charge in [0.05, 0.1) is 21.3 Å². The van der Waals surface area contributed by atoms with Crippen LogP contribution in [0.25, 0.3) is 0 Å². The quantitative estimate of drug-likeness (QED) is 0.845. The topological polar surface area (TPSA) is 56.7 Å². The number of nitrogens with zero attached hydrogens (tertiary/aromatic N) is 3. The van der Waals surface area contributed by atoms with Crippen molar-refractivity contribution in [3.05, 3.63) is 36.2 Å². The Morgan fingerprint density at radius 3 is 2.65 bits per heavy atom. The molecule has 1 aromatic carbocycles. The molecule has 0 aliphatic carbocycles. The molecule has 1 aliphatic heterocycles. The largest absolute Gasteiger partial charge is 0.497 e. The summed E-state index contributed by atoms with van der Waals surface area (Å²) in [6.45, 7) is 1.81. The predicted octanol–water partition coefficient (Wildman–Crippen LogP) is 2.50. The zero-order valence-electron chi connectivity index (χ0n) is 13.7. The Labute approximate surface area is 136 Å². The molecule has 1 atom stereocenters. The Balaban J connectivity index is 1.82. The third-order valence-electron chi connectivity index (χ3n) is 4.23. The summed E-state index contributed by atoms with van der Waals surface area (Å²) in [5.74, 6) is 3.60. The fourth-order valence-electron chi connectivity index (χ4n) is 3.00. The molecule has 0 radical (unpaired) electrons. The summed E-state index contributed by atoms with van der Waals surface area (Å²) in [4.78, 5) is 10.7. The minimum absolute atomic E-state index is 0.376. The van der Waals surface area contributed by atoms with Gasteiger partial charge in [0, 0.05) is 30.6 Å². The van der Waals surface area contributed by atoms with Gasteiger partial charge in [-0.25, -0.2) is 9.97 Å². The first-order valence-corrected chi connectivity index (χ1v) is 7.58. The average molecular weight is 315 g/mol. The van der Waals surface area contributed by atoms with Crippen molar-refractivity contribution in [2.24, 2.45) is 0 Å². The summed E-state index contributed by atoms with van der Waals surface area (Å²) < 4.78 is 16.0. The summed E-state index contributed by atoms with van der Waals surface area (Å²) in [6.07, 6.45) is 2.57. The second kappa shape index (κ2) is 6.73. The first kappa shape index (κ1) is 15.4. The van der Waals surface area contributed by atoms with Crippen molar-refractivity contribution >= 4 is 5.82 Å². The monoisotopic (exact) mass is 315 g/mol. The number of benzene rings is 1. The second-order valence-electron chi connectivity index (χ2n) is 5.46. The highest BCUT2D eigenvalue weighted by atomic mass is 16.5. The molecule has 122 valence electrons. The van der Waals surface area contributed by atoms with Gasteiger partial charge in [-0.1, -0.05) is 0 Å². The van der Waals surface area contributed by atoms with Gasteiger partial charge < -0.3 is 19.1 Å². The molecular formula is C17H21N3O3. The first-order chi connectivity index (χ1) is 11.2. The molecule has 0 saturated carbocycles. The fourth-order valence-corrected chi connectivity index (χ4v) is 3.00. The van der Waals surface area contributed by atoms with E-state index in [2.05, 4.69) is 20.9 Å². The highest BCUT2D eigenvalue weighted by Gasteiger charge is 2.27. The number of methoxy groups -OCH3 is 3. The molecular weight excluding hydrogens is 294 g/mol. The predicted molar refractivity (Wildman–Crippen MR) is 87.7 cm³/mol. The fraction of sp³-hybridized carbons (Fsp3) is 0.412. The molecule has 1 unspecified atom stereocenters. The van der Waals surface area contributed by atoms with E-state index >= 15 is 0 Å². The van der Waals surface area contributed by atoms with E-state index in [9.17, 15) is 0 Å². The molecule has 1 aromatic heterocycles. The summed E-state index contributed by atoms with van der Waals surface area (Å²) in [5.41, 5.74) is 1.18. The standard InChI is InChI=1S/C17H21N3O3/c1-21-13-4-5-15(22-2)14(8-13)12-6-7-20(10-12)16-9-17(23-3)19-11-18-16/h4-5,8-9,11-12H,6-7,10H2,1-3H3. The second-order valence-corrected chi connectivity index (χ2v) is 5.46. The van der Waals surface area contributed by atoms with Gasteiger partial charge in [-0.05, 0) is 24.6 Å². The summed E-state index contributed by atoms with van der Waals surface area (Å²) >= 11 is 0. The highest BCUT2D eigenvalue weighted by molar-refractivity contribution is 5.47. The lowest BCUT2D eigenvalue weighted by Gasteiger charge is -2.19. The van der Waals surface area contributed by atoms with Gasteiger partial charge in [0.25, 0.3) is 0 Å². The van der Waals surface area contributed by atoms with Crippen LogP contribution >= 0.6 is 0 Å². The Bertz CT molecular complexity index is 678. The molecule has 6 nitrogen and oxygen atoms in total. The number of ether oxygens (including phenoxy) is 3. The number of aromatic nitrogens is 2. The van der Waals surface area contributed by atoms with Crippen molar-refractivity contribution < 1.29 is 14.2 Å². The first-order valence-electron chi connectivity index (χ1n) is 7.58. The minimum Gasteiger partial charge on any atom is -0.497 e. The van der Waals surface area contributed by atoms with Crippen LogP contribution in [0, 0.1) is 0 Å². The van der Waals surface area contributed by atoms with Crippen LogP contribution in [0.5, 0.6) is 17.4 Å². The van der Waals surface area contributed by atoms with Crippen LogP contribution in [0.15, 0.2) is 30.6 Å². The number of rotatable bonds is 5. The lowest BCUT2D eigenvalue weighted by Crippen LogP contribution is -2.20. The van der Waals surface area contributed by atoms with E-state index in [-0.39, 0.29) is 0 Å². The van der Waals surface area contributed by atoms with Crippen LogP contribution in [0.4, 0.5) is 5.82 Å². The lowest BCUT2D eigenvalue weighted by atomic mass is 9.97. The molecule has 3 rings (SSSR count). The van der Waals surface area contributed by atoms with E-state index in [0.717, 1.165) is 36.8 Å². The number of anilines is 1. The van der Waals surface area contributed by atoms with E-state index in [0.29, 0.717) is 11.8 Å². The maximum absolute atomic E-state index is 5.52.